The molecule has 0 aliphatic rings. The highest BCUT2D eigenvalue weighted by atomic mass is 32.1. The maximum atomic E-state index is 12.4. The predicted octanol–water partition coefficient (Wildman–Crippen LogP) is 2.31. The zero-order chi connectivity index (χ0) is 10.9. The van der Waals surface area contributed by atoms with E-state index in [0.717, 1.165) is 37.1 Å². The van der Waals surface area contributed by atoms with E-state index in [-0.39, 0.29) is 6.67 Å². The number of aliphatic imine (C=N–C) groups is 1. The molecule has 0 amide bonds. The Hall–Kier alpha value is -0.310. The van der Waals surface area contributed by atoms with Crippen LogP contribution in [0.4, 0.5) is 4.39 Å². The summed E-state index contributed by atoms with van der Waals surface area (Å²) in [5.41, 5.74) is 0. The molecular formula is C10H20FN2S+. The van der Waals surface area contributed by atoms with E-state index in [1.165, 1.54) is 0 Å². The summed E-state index contributed by atoms with van der Waals surface area (Å²) in [5.74, 6) is 0. The molecule has 0 saturated heterocycles. The molecule has 0 aromatic heterocycles. The van der Waals surface area contributed by atoms with E-state index in [4.69, 9.17) is 0 Å². The Morgan fingerprint density at radius 3 is 2.36 bits per heavy atom. The molecule has 0 aliphatic heterocycles. The van der Waals surface area contributed by atoms with Gasteiger partial charge in [-0.3, -0.25) is 0 Å². The van der Waals surface area contributed by atoms with E-state index < -0.39 is 0 Å². The molecule has 0 fully saturated rings. The molecule has 0 radical (unpaired) electrons. The monoisotopic (exact) mass is 219 g/mol. The highest BCUT2D eigenvalue weighted by Crippen LogP contribution is 2.07. The molecule has 0 rings (SSSR count). The van der Waals surface area contributed by atoms with Gasteiger partial charge in [0.1, 0.15) is 13.2 Å². The van der Waals surface area contributed by atoms with Gasteiger partial charge >= 0.3 is 0 Å². The van der Waals surface area contributed by atoms with Crippen molar-refractivity contribution in [3.05, 3.63) is 0 Å². The first kappa shape index (κ1) is 13.7. The van der Waals surface area contributed by atoms with E-state index in [9.17, 15) is 4.39 Å². The molecule has 0 aliphatic carbocycles. The lowest BCUT2D eigenvalue weighted by atomic mass is 10.3. The molecule has 0 atom stereocenters. The summed E-state index contributed by atoms with van der Waals surface area (Å²) in [5, 5.41) is 2.35. The van der Waals surface area contributed by atoms with Gasteiger partial charge in [0, 0.05) is 6.42 Å². The normalized spacial score (nSPS) is 11.1. The van der Waals surface area contributed by atoms with E-state index >= 15 is 0 Å². The molecule has 0 heterocycles. The van der Waals surface area contributed by atoms with Crippen molar-refractivity contribution >= 4 is 17.4 Å². The Balaban J connectivity index is 3.99. The number of thiocarbonyl (C=S) groups is 1. The van der Waals surface area contributed by atoms with Crippen LogP contribution in [0.1, 0.15) is 20.3 Å². The summed E-state index contributed by atoms with van der Waals surface area (Å²) in [7, 11) is 0. The summed E-state index contributed by atoms with van der Waals surface area (Å²) >= 11 is 4.49. The number of hydrogen-bond donors (Lipinski definition) is 0. The molecule has 0 spiro atoms. The van der Waals surface area contributed by atoms with Crippen molar-refractivity contribution in [2.45, 2.75) is 20.3 Å². The summed E-state index contributed by atoms with van der Waals surface area (Å²) in [6.45, 7) is 8.28. The smallest absolute Gasteiger partial charge is 0.138 e. The first-order chi connectivity index (χ1) is 6.74. The Kier molecular flexibility index (Phi) is 7.86. The van der Waals surface area contributed by atoms with Crippen LogP contribution in [0.2, 0.25) is 0 Å². The van der Waals surface area contributed by atoms with Crippen LogP contribution in [0.25, 0.3) is 0 Å². The summed E-state index contributed by atoms with van der Waals surface area (Å²) in [6, 6.07) is 0. The second-order valence-corrected chi connectivity index (χ2v) is 3.62. The first-order valence-corrected chi connectivity index (χ1v) is 5.60. The number of hydrogen-bond acceptors (Lipinski definition) is 2. The summed E-state index contributed by atoms with van der Waals surface area (Å²) < 4.78 is 13.2. The fourth-order valence-corrected chi connectivity index (χ4v) is 1.77. The highest BCUT2D eigenvalue weighted by Gasteiger charge is 2.21. The van der Waals surface area contributed by atoms with Gasteiger partial charge in [-0.05, 0) is 26.1 Å². The highest BCUT2D eigenvalue weighted by molar-refractivity contribution is 7.78. The van der Waals surface area contributed by atoms with Crippen LogP contribution in [-0.2, 0) is 0 Å². The van der Waals surface area contributed by atoms with Gasteiger partial charge in [0.25, 0.3) is 0 Å². The summed E-state index contributed by atoms with van der Waals surface area (Å²) in [6.07, 6.45) is 0.964. The van der Waals surface area contributed by atoms with E-state index in [1.54, 1.807) is 0 Å². The molecule has 14 heavy (non-hydrogen) atoms. The van der Waals surface area contributed by atoms with Gasteiger partial charge in [-0.1, -0.05) is 0 Å². The Morgan fingerprint density at radius 1 is 1.29 bits per heavy atom. The molecule has 0 N–H and O–H groups in total. The van der Waals surface area contributed by atoms with Crippen LogP contribution < -0.4 is 0 Å². The molecule has 82 valence electrons. The third-order valence-electron chi connectivity index (χ3n) is 2.87. The SMILES string of the molecule is CC[N+](CC)(CCF)CCCN=C=S. The van der Waals surface area contributed by atoms with E-state index in [1.807, 2.05) is 0 Å². The number of isothiocyanates is 1. The Labute approximate surface area is 91.4 Å². The second-order valence-electron chi connectivity index (χ2n) is 3.44. The van der Waals surface area contributed by atoms with Crippen LogP contribution in [0, 0.1) is 0 Å². The number of halogens is 1. The Bertz CT molecular complexity index is 187. The number of quaternary nitrogens is 1. The standard InChI is InChI=1S/C10H20FN2S/c1-3-13(4-2,9-6-11)8-5-7-12-10-14/h3-9H2,1-2H3/q+1. The van der Waals surface area contributed by atoms with Crippen molar-refractivity contribution in [2.75, 3.05) is 39.4 Å². The van der Waals surface area contributed by atoms with Crippen molar-refractivity contribution in [3.63, 3.8) is 0 Å². The van der Waals surface area contributed by atoms with Gasteiger partial charge in [-0.2, -0.15) is 0 Å². The van der Waals surface area contributed by atoms with Gasteiger partial charge in [-0.25, -0.2) is 9.38 Å². The number of nitrogens with zero attached hydrogens (tertiary/aromatic N) is 2. The van der Waals surface area contributed by atoms with Gasteiger partial charge < -0.3 is 4.48 Å². The van der Waals surface area contributed by atoms with E-state index in [0.29, 0.717) is 6.54 Å². The van der Waals surface area contributed by atoms with Gasteiger partial charge in [0.05, 0.1) is 31.3 Å². The molecule has 2 nitrogen and oxygen atoms in total. The van der Waals surface area contributed by atoms with Crippen molar-refractivity contribution in [3.8, 4) is 0 Å². The van der Waals surface area contributed by atoms with Crippen molar-refractivity contribution in [1.29, 1.82) is 0 Å². The minimum atomic E-state index is -0.238. The largest absolute Gasteiger partial charge is 0.322 e. The third kappa shape index (κ3) is 4.80. The fraction of sp³-hybridized carbons (Fsp3) is 0.900. The number of alkyl halides is 1. The van der Waals surface area contributed by atoms with Crippen LogP contribution in [-0.4, -0.2) is 49.0 Å². The average Bonchev–Trinajstić information content (AvgIpc) is 2.23. The van der Waals surface area contributed by atoms with E-state index in [2.05, 4.69) is 36.2 Å². The predicted molar refractivity (Wildman–Crippen MR) is 61.6 cm³/mol. The van der Waals surface area contributed by atoms with Gasteiger partial charge in [-0.15, -0.1) is 0 Å². The lowest BCUT2D eigenvalue weighted by Gasteiger charge is -2.35. The quantitative estimate of drug-likeness (QED) is 0.264. The van der Waals surface area contributed by atoms with Crippen molar-refractivity contribution in [1.82, 2.24) is 0 Å². The molecule has 0 unspecified atom stereocenters. The first-order valence-electron chi connectivity index (χ1n) is 5.19. The number of rotatable bonds is 8. The zero-order valence-electron chi connectivity index (χ0n) is 9.13. The molecular weight excluding hydrogens is 199 g/mol. The van der Waals surface area contributed by atoms with Crippen LogP contribution in [0.15, 0.2) is 4.99 Å². The topological polar surface area (TPSA) is 12.4 Å². The van der Waals surface area contributed by atoms with Crippen LogP contribution in [0.5, 0.6) is 0 Å². The fourth-order valence-electron chi connectivity index (χ4n) is 1.68. The van der Waals surface area contributed by atoms with Crippen molar-refractivity contribution in [2.24, 2.45) is 4.99 Å². The molecule has 0 aromatic rings. The molecule has 0 aromatic carbocycles. The molecule has 0 saturated carbocycles. The minimum absolute atomic E-state index is 0.238. The third-order valence-corrected chi connectivity index (χ3v) is 3.00. The Morgan fingerprint density at radius 2 is 1.93 bits per heavy atom. The van der Waals surface area contributed by atoms with Crippen molar-refractivity contribution < 1.29 is 8.87 Å². The second kappa shape index (κ2) is 8.04. The lowest BCUT2D eigenvalue weighted by Crippen LogP contribution is -2.49. The van der Waals surface area contributed by atoms with Crippen LogP contribution in [0.3, 0.4) is 0 Å². The lowest BCUT2D eigenvalue weighted by molar-refractivity contribution is -0.924. The average molecular weight is 219 g/mol. The maximum absolute atomic E-state index is 12.4. The van der Waals surface area contributed by atoms with Gasteiger partial charge in [0.15, 0.2) is 0 Å². The molecule has 0 bridgehead atoms. The van der Waals surface area contributed by atoms with Gasteiger partial charge in [0.2, 0.25) is 0 Å². The molecule has 4 heteroatoms. The minimum Gasteiger partial charge on any atom is -0.322 e. The van der Waals surface area contributed by atoms with Crippen LogP contribution >= 0.6 is 12.2 Å². The summed E-state index contributed by atoms with van der Waals surface area (Å²) in [4.78, 5) is 3.86. The zero-order valence-corrected chi connectivity index (χ0v) is 9.95. The maximum Gasteiger partial charge on any atom is 0.138 e.